The van der Waals surface area contributed by atoms with Crippen molar-refractivity contribution in [3.63, 3.8) is 0 Å². The number of hydrogen-bond donors (Lipinski definition) is 1. The first-order valence-corrected chi connectivity index (χ1v) is 9.24. The van der Waals surface area contributed by atoms with Crippen molar-refractivity contribution in [3.8, 4) is 11.5 Å². The third kappa shape index (κ3) is 5.11. The largest absolute Gasteiger partial charge is 0.491 e. The zero-order valence-electron chi connectivity index (χ0n) is 15.1. The molecule has 140 valence electrons. The predicted octanol–water partition coefficient (Wildman–Crippen LogP) is 5.08. The molecule has 0 atom stereocenters. The molecule has 0 bridgehead atoms. The van der Waals surface area contributed by atoms with Crippen LogP contribution in [0, 0.1) is 0 Å². The van der Waals surface area contributed by atoms with E-state index >= 15 is 0 Å². The number of unbranched alkanes of at least 4 members (excludes halogenated alkanes) is 1. The van der Waals surface area contributed by atoms with Crippen molar-refractivity contribution in [3.05, 3.63) is 59.8 Å². The quantitative estimate of drug-likeness (QED) is 0.550. The molecule has 1 heterocycles. The third-order valence-corrected chi connectivity index (χ3v) is 4.20. The molecule has 0 aliphatic carbocycles. The Morgan fingerprint density at radius 1 is 1.11 bits per heavy atom. The number of benzene rings is 2. The van der Waals surface area contributed by atoms with E-state index in [0.29, 0.717) is 23.1 Å². The van der Waals surface area contributed by atoms with Crippen LogP contribution in [0.1, 0.15) is 19.8 Å². The van der Waals surface area contributed by atoms with E-state index in [2.05, 4.69) is 17.2 Å². The highest BCUT2D eigenvalue weighted by atomic mass is 35.5. The Hall–Kier alpha value is -2.79. The summed E-state index contributed by atoms with van der Waals surface area (Å²) in [4.78, 5) is 16.7. The second-order valence-corrected chi connectivity index (χ2v) is 6.44. The lowest BCUT2D eigenvalue weighted by atomic mass is 10.1. The number of nitrogens with one attached hydrogen (secondary N) is 1. The molecule has 3 rings (SSSR count). The molecule has 5 nitrogen and oxygen atoms in total. The maximum absolute atomic E-state index is 12.3. The maximum atomic E-state index is 12.3. The van der Waals surface area contributed by atoms with Gasteiger partial charge in [0.15, 0.2) is 6.61 Å². The van der Waals surface area contributed by atoms with Crippen LogP contribution < -0.4 is 14.8 Å². The number of rotatable bonds is 8. The van der Waals surface area contributed by atoms with Crippen LogP contribution in [0.25, 0.3) is 10.9 Å². The van der Waals surface area contributed by atoms with Crippen LogP contribution in [0.15, 0.2) is 54.7 Å². The van der Waals surface area contributed by atoms with E-state index in [1.807, 2.05) is 24.3 Å². The fourth-order valence-electron chi connectivity index (χ4n) is 2.56. The van der Waals surface area contributed by atoms with Gasteiger partial charge in [-0.3, -0.25) is 9.78 Å². The zero-order chi connectivity index (χ0) is 19.1. The molecule has 0 aliphatic rings. The molecule has 6 heteroatoms. The fourth-order valence-corrected chi connectivity index (χ4v) is 2.69. The molecular weight excluding hydrogens is 364 g/mol. The summed E-state index contributed by atoms with van der Waals surface area (Å²) in [7, 11) is 0. The minimum atomic E-state index is -0.255. The van der Waals surface area contributed by atoms with Gasteiger partial charge in [-0.2, -0.15) is 0 Å². The van der Waals surface area contributed by atoms with Crippen molar-refractivity contribution >= 4 is 34.1 Å². The number of hydrogen-bond acceptors (Lipinski definition) is 4. The van der Waals surface area contributed by atoms with Crippen molar-refractivity contribution in [2.45, 2.75) is 19.8 Å². The molecule has 1 N–H and O–H groups in total. The van der Waals surface area contributed by atoms with Gasteiger partial charge in [-0.15, -0.1) is 0 Å². The molecule has 2 aromatic carbocycles. The molecule has 3 aromatic rings. The lowest BCUT2D eigenvalue weighted by molar-refractivity contribution is -0.118. The number of fused-ring (bicyclic) bond motifs is 1. The van der Waals surface area contributed by atoms with E-state index in [-0.39, 0.29) is 12.5 Å². The van der Waals surface area contributed by atoms with Crippen LogP contribution in [0.4, 0.5) is 5.69 Å². The van der Waals surface area contributed by atoms with Crippen LogP contribution in [0.3, 0.4) is 0 Å². The number of aromatic nitrogens is 1. The Morgan fingerprint density at radius 3 is 2.70 bits per heavy atom. The summed E-state index contributed by atoms with van der Waals surface area (Å²) in [5, 5.41) is 4.32. The Kier molecular flexibility index (Phi) is 6.49. The minimum Gasteiger partial charge on any atom is -0.491 e. The molecule has 1 amide bonds. The average Bonchev–Trinajstić information content (AvgIpc) is 2.69. The number of anilines is 1. The second kappa shape index (κ2) is 9.24. The smallest absolute Gasteiger partial charge is 0.262 e. The van der Waals surface area contributed by atoms with Gasteiger partial charge in [0, 0.05) is 16.6 Å². The molecule has 0 radical (unpaired) electrons. The monoisotopic (exact) mass is 384 g/mol. The average molecular weight is 385 g/mol. The van der Waals surface area contributed by atoms with E-state index in [4.69, 9.17) is 21.1 Å². The molecule has 0 saturated carbocycles. The van der Waals surface area contributed by atoms with E-state index < -0.39 is 0 Å². The van der Waals surface area contributed by atoms with Gasteiger partial charge in [0.25, 0.3) is 5.91 Å². The number of nitrogens with zero attached hydrogens (tertiary/aromatic N) is 1. The fraction of sp³-hybridized carbons (Fsp3) is 0.238. The van der Waals surface area contributed by atoms with Crippen molar-refractivity contribution in [2.24, 2.45) is 0 Å². The summed E-state index contributed by atoms with van der Waals surface area (Å²) < 4.78 is 11.3. The van der Waals surface area contributed by atoms with Crippen molar-refractivity contribution in [1.82, 2.24) is 4.98 Å². The first kappa shape index (κ1) is 19.0. The summed E-state index contributed by atoms with van der Waals surface area (Å²) in [5.41, 5.74) is 1.40. The summed E-state index contributed by atoms with van der Waals surface area (Å²) in [6.07, 6.45) is 3.76. The number of amides is 1. The number of ether oxygens (including phenoxy) is 2. The van der Waals surface area contributed by atoms with Crippen LogP contribution >= 0.6 is 11.6 Å². The Labute approximate surface area is 163 Å². The van der Waals surface area contributed by atoms with Crippen molar-refractivity contribution in [2.75, 3.05) is 18.5 Å². The number of halogens is 1. The van der Waals surface area contributed by atoms with Crippen LogP contribution in [0.5, 0.6) is 11.5 Å². The van der Waals surface area contributed by atoms with Gasteiger partial charge >= 0.3 is 0 Å². The van der Waals surface area contributed by atoms with Gasteiger partial charge in [-0.05, 0) is 55.0 Å². The highest BCUT2D eigenvalue weighted by molar-refractivity contribution is 6.30. The Balaban J connectivity index is 1.69. The highest BCUT2D eigenvalue weighted by Gasteiger charge is 2.11. The molecule has 0 spiro atoms. The number of carbonyl (C=O) groups excluding carboxylic acids is 1. The minimum absolute atomic E-state index is 0.0991. The molecule has 27 heavy (non-hydrogen) atoms. The first-order valence-electron chi connectivity index (χ1n) is 8.86. The molecule has 0 saturated heterocycles. The highest BCUT2D eigenvalue weighted by Crippen LogP contribution is 2.30. The molecule has 0 aliphatic heterocycles. The van der Waals surface area contributed by atoms with Gasteiger partial charge in [-0.25, -0.2) is 0 Å². The summed E-state index contributed by atoms with van der Waals surface area (Å²) in [6.45, 7) is 2.66. The Morgan fingerprint density at radius 2 is 1.93 bits per heavy atom. The lowest BCUT2D eigenvalue weighted by Crippen LogP contribution is -2.20. The molecule has 0 unspecified atom stereocenters. The van der Waals surface area contributed by atoms with Crippen LogP contribution in [-0.4, -0.2) is 24.1 Å². The van der Waals surface area contributed by atoms with E-state index in [1.165, 1.54) is 0 Å². The normalized spacial score (nSPS) is 10.6. The third-order valence-electron chi connectivity index (χ3n) is 3.95. The second-order valence-electron chi connectivity index (χ2n) is 6.00. The summed E-state index contributed by atoms with van der Waals surface area (Å²) in [5.74, 6) is 1.05. The number of carbonyl (C=O) groups is 1. The van der Waals surface area contributed by atoms with Gasteiger partial charge in [0.05, 0.1) is 12.3 Å². The van der Waals surface area contributed by atoms with Crippen molar-refractivity contribution < 1.29 is 14.3 Å². The lowest BCUT2D eigenvalue weighted by Gasteiger charge is -2.13. The van der Waals surface area contributed by atoms with E-state index in [0.717, 1.165) is 29.5 Å². The SMILES string of the molecule is CCCCOc1ccc(NC(=O)COc2ccc(Cl)cc2)c2cccnc12. The zero-order valence-corrected chi connectivity index (χ0v) is 15.8. The molecular formula is C21H21ClN2O3. The van der Waals surface area contributed by atoms with Gasteiger partial charge in [0.2, 0.25) is 0 Å². The molecule has 1 aromatic heterocycles. The van der Waals surface area contributed by atoms with Gasteiger partial charge < -0.3 is 14.8 Å². The predicted molar refractivity (Wildman–Crippen MR) is 108 cm³/mol. The number of pyridine rings is 1. The van der Waals surface area contributed by atoms with E-state index in [1.54, 1.807) is 30.5 Å². The first-order chi connectivity index (χ1) is 13.2. The standard InChI is InChI=1S/C21H21ClN2O3/c1-2-3-13-26-19-11-10-18(17-5-4-12-23-21(17)19)24-20(25)14-27-16-8-6-15(22)7-9-16/h4-12H,2-3,13-14H2,1H3,(H,24,25). The van der Waals surface area contributed by atoms with Crippen LogP contribution in [-0.2, 0) is 4.79 Å². The van der Waals surface area contributed by atoms with Gasteiger partial charge in [-0.1, -0.05) is 24.9 Å². The van der Waals surface area contributed by atoms with Gasteiger partial charge in [0.1, 0.15) is 17.0 Å². The summed E-state index contributed by atoms with van der Waals surface area (Å²) >= 11 is 5.84. The Bertz CT molecular complexity index is 913. The molecule has 0 fully saturated rings. The summed E-state index contributed by atoms with van der Waals surface area (Å²) in [6, 6.07) is 14.3. The van der Waals surface area contributed by atoms with Crippen molar-refractivity contribution in [1.29, 1.82) is 0 Å². The topological polar surface area (TPSA) is 60.5 Å². The maximum Gasteiger partial charge on any atom is 0.262 e. The van der Waals surface area contributed by atoms with E-state index in [9.17, 15) is 4.79 Å². The van der Waals surface area contributed by atoms with Crippen LogP contribution in [0.2, 0.25) is 5.02 Å².